The number of rotatable bonds is 6. The average Bonchev–Trinajstić information content (AvgIpc) is 3.11. The van der Waals surface area contributed by atoms with Crippen molar-refractivity contribution in [1.29, 1.82) is 0 Å². The number of nitrogens with one attached hydrogen (secondary N) is 1. The first-order valence-electron chi connectivity index (χ1n) is 10.9. The number of nitrogens with zero attached hydrogens (tertiary/aromatic N) is 3. The molecule has 0 aliphatic carbocycles. The smallest absolute Gasteiger partial charge is 0.193 e. The number of aliphatic imine (C=N–C) groups is 1. The van der Waals surface area contributed by atoms with E-state index < -0.39 is 0 Å². The van der Waals surface area contributed by atoms with E-state index in [1.807, 2.05) is 7.05 Å². The zero-order chi connectivity index (χ0) is 19.1. The Kier molecular flexibility index (Phi) is 10.1. The van der Waals surface area contributed by atoms with Gasteiger partial charge in [0.15, 0.2) is 5.96 Å². The van der Waals surface area contributed by atoms with Crippen molar-refractivity contribution in [3.8, 4) is 0 Å². The molecule has 2 aliphatic heterocycles. The molecule has 2 fully saturated rings. The molecule has 2 unspecified atom stereocenters. The number of likely N-dealkylation sites (tertiary alicyclic amines) is 2. The highest BCUT2D eigenvalue weighted by Crippen LogP contribution is 2.21. The normalized spacial score (nSPS) is 23.7. The van der Waals surface area contributed by atoms with Crippen LogP contribution >= 0.6 is 24.0 Å². The Morgan fingerprint density at radius 2 is 1.89 bits per heavy atom. The minimum Gasteiger partial charge on any atom is -0.356 e. The van der Waals surface area contributed by atoms with Gasteiger partial charge in [0.25, 0.3) is 0 Å². The van der Waals surface area contributed by atoms with Crippen LogP contribution in [-0.2, 0) is 6.42 Å². The van der Waals surface area contributed by atoms with Gasteiger partial charge in [0.2, 0.25) is 0 Å². The first-order valence-corrected chi connectivity index (χ1v) is 10.9. The number of benzene rings is 1. The molecule has 0 bridgehead atoms. The lowest BCUT2D eigenvalue weighted by Crippen LogP contribution is -2.46. The number of hydrogen-bond acceptors (Lipinski definition) is 2. The molecule has 2 atom stereocenters. The maximum atomic E-state index is 4.58. The number of halogens is 1. The molecule has 1 aromatic rings. The SMILES string of the molecule is CN=C(NCC1CCCN(CC(C)C)C1)N1CCC(Cc2ccccc2)C1.I. The van der Waals surface area contributed by atoms with Crippen LogP contribution < -0.4 is 5.32 Å². The molecule has 0 aromatic heterocycles. The van der Waals surface area contributed by atoms with Crippen molar-refractivity contribution in [1.82, 2.24) is 15.1 Å². The monoisotopic (exact) mass is 498 g/mol. The lowest BCUT2D eigenvalue weighted by atomic mass is 9.97. The fourth-order valence-corrected chi connectivity index (χ4v) is 4.71. The van der Waals surface area contributed by atoms with Gasteiger partial charge in [-0.2, -0.15) is 0 Å². The number of hydrogen-bond donors (Lipinski definition) is 1. The molecule has 2 saturated heterocycles. The van der Waals surface area contributed by atoms with Gasteiger partial charge >= 0.3 is 0 Å². The summed E-state index contributed by atoms with van der Waals surface area (Å²) < 4.78 is 0. The standard InChI is InChI=1S/C23H38N4.HI/c1-19(2)16-26-12-7-10-22(17-26)15-25-23(24-3)27-13-11-21(18-27)14-20-8-5-4-6-9-20;/h4-6,8-9,19,21-22H,7,10-18H2,1-3H3,(H,24,25);1H. The van der Waals surface area contributed by atoms with E-state index in [1.54, 1.807) is 0 Å². The molecule has 0 amide bonds. The fraction of sp³-hybridized carbons (Fsp3) is 0.696. The van der Waals surface area contributed by atoms with Crippen LogP contribution in [0.15, 0.2) is 35.3 Å². The summed E-state index contributed by atoms with van der Waals surface area (Å²) in [5.74, 6) is 3.35. The lowest BCUT2D eigenvalue weighted by Gasteiger charge is -2.34. The number of piperidine rings is 1. The number of guanidine groups is 1. The van der Waals surface area contributed by atoms with Crippen molar-refractivity contribution >= 4 is 29.9 Å². The minimum atomic E-state index is 0. The highest BCUT2D eigenvalue weighted by molar-refractivity contribution is 14.0. The molecule has 0 saturated carbocycles. The van der Waals surface area contributed by atoms with E-state index in [9.17, 15) is 0 Å². The third-order valence-corrected chi connectivity index (χ3v) is 5.94. The third-order valence-electron chi connectivity index (χ3n) is 5.94. The van der Waals surface area contributed by atoms with Crippen LogP contribution in [0.4, 0.5) is 0 Å². The second-order valence-electron chi connectivity index (χ2n) is 8.88. The van der Waals surface area contributed by atoms with Gasteiger partial charge in [-0.25, -0.2) is 0 Å². The molecular formula is C23H39IN4. The van der Waals surface area contributed by atoms with Crippen LogP contribution in [0.25, 0.3) is 0 Å². The first kappa shape index (κ1) is 23.5. The second kappa shape index (κ2) is 12.0. The van der Waals surface area contributed by atoms with E-state index in [0.29, 0.717) is 0 Å². The summed E-state index contributed by atoms with van der Waals surface area (Å²) in [7, 11) is 1.93. The van der Waals surface area contributed by atoms with Gasteiger partial charge in [-0.1, -0.05) is 44.2 Å². The second-order valence-corrected chi connectivity index (χ2v) is 8.88. The summed E-state index contributed by atoms with van der Waals surface area (Å²) in [6.45, 7) is 11.7. The molecule has 0 radical (unpaired) electrons. The van der Waals surface area contributed by atoms with Gasteiger partial charge in [-0.15, -0.1) is 24.0 Å². The molecule has 2 aliphatic rings. The zero-order valence-electron chi connectivity index (χ0n) is 17.9. The molecular weight excluding hydrogens is 459 g/mol. The van der Waals surface area contributed by atoms with E-state index in [0.717, 1.165) is 43.3 Å². The molecule has 3 rings (SSSR count). The Labute approximate surface area is 189 Å². The van der Waals surface area contributed by atoms with Crippen molar-refractivity contribution in [3.05, 3.63) is 35.9 Å². The molecule has 1 aromatic carbocycles. The summed E-state index contributed by atoms with van der Waals surface area (Å²) in [5, 5.41) is 3.69. The molecule has 5 heteroatoms. The Balaban J connectivity index is 0.00000280. The maximum Gasteiger partial charge on any atom is 0.193 e. The predicted octanol–water partition coefficient (Wildman–Crippen LogP) is 4.11. The molecule has 1 N–H and O–H groups in total. The van der Waals surface area contributed by atoms with E-state index in [1.165, 1.54) is 50.9 Å². The molecule has 28 heavy (non-hydrogen) atoms. The first-order chi connectivity index (χ1) is 13.1. The Hall–Kier alpha value is -0.820. The van der Waals surface area contributed by atoms with Crippen LogP contribution in [0.2, 0.25) is 0 Å². The summed E-state index contributed by atoms with van der Waals surface area (Å²) in [4.78, 5) is 9.69. The van der Waals surface area contributed by atoms with Gasteiger partial charge in [0, 0.05) is 39.8 Å². The zero-order valence-corrected chi connectivity index (χ0v) is 20.3. The molecule has 158 valence electrons. The van der Waals surface area contributed by atoms with Gasteiger partial charge in [-0.05, 0) is 55.5 Å². The molecule has 0 spiro atoms. The predicted molar refractivity (Wildman–Crippen MR) is 131 cm³/mol. The van der Waals surface area contributed by atoms with Gasteiger partial charge in [-0.3, -0.25) is 4.99 Å². The van der Waals surface area contributed by atoms with E-state index in [4.69, 9.17) is 0 Å². The quantitative estimate of drug-likeness (QED) is 0.364. The van der Waals surface area contributed by atoms with Gasteiger partial charge in [0.05, 0.1) is 0 Å². The molecule has 4 nitrogen and oxygen atoms in total. The van der Waals surface area contributed by atoms with Crippen LogP contribution in [0.1, 0.15) is 38.7 Å². The van der Waals surface area contributed by atoms with Crippen LogP contribution in [0.5, 0.6) is 0 Å². The topological polar surface area (TPSA) is 30.9 Å². The minimum absolute atomic E-state index is 0. The Morgan fingerprint density at radius 1 is 1.11 bits per heavy atom. The van der Waals surface area contributed by atoms with Crippen molar-refractivity contribution in [2.45, 2.75) is 39.5 Å². The van der Waals surface area contributed by atoms with E-state index in [2.05, 4.69) is 64.3 Å². The maximum absolute atomic E-state index is 4.58. The van der Waals surface area contributed by atoms with Gasteiger partial charge < -0.3 is 15.1 Å². The van der Waals surface area contributed by atoms with E-state index >= 15 is 0 Å². The Morgan fingerprint density at radius 3 is 2.61 bits per heavy atom. The van der Waals surface area contributed by atoms with Gasteiger partial charge in [0.1, 0.15) is 0 Å². The average molecular weight is 498 g/mol. The largest absolute Gasteiger partial charge is 0.356 e. The Bertz CT molecular complexity index is 590. The fourth-order valence-electron chi connectivity index (χ4n) is 4.71. The van der Waals surface area contributed by atoms with Crippen molar-refractivity contribution in [2.24, 2.45) is 22.7 Å². The van der Waals surface area contributed by atoms with Crippen molar-refractivity contribution < 1.29 is 0 Å². The van der Waals surface area contributed by atoms with Crippen molar-refractivity contribution in [2.75, 3.05) is 46.3 Å². The summed E-state index contributed by atoms with van der Waals surface area (Å²) >= 11 is 0. The lowest BCUT2D eigenvalue weighted by molar-refractivity contribution is 0.159. The van der Waals surface area contributed by atoms with Crippen LogP contribution in [-0.4, -0.2) is 62.1 Å². The highest BCUT2D eigenvalue weighted by Gasteiger charge is 2.26. The van der Waals surface area contributed by atoms with Crippen LogP contribution in [0, 0.1) is 17.8 Å². The summed E-state index contributed by atoms with van der Waals surface area (Å²) in [6.07, 6.45) is 5.12. The van der Waals surface area contributed by atoms with Crippen molar-refractivity contribution in [3.63, 3.8) is 0 Å². The highest BCUT2D eigenvalue weighted by atomic mass is 127. The summed E-state index contributed by atoms with van der Waals surface area (Å²) in [6, 6.07) is 10.9. The summed E-state index contributed by atoms with van der Waals surface area (Å²) in [5.41, 5.74) is 1.46. The third kappa shape index (κ3) is 7.21. The van der Waals surface area contributed by atoms with E-state index in [-0.39, 0.29) is 24.0 Å². The molecule has 2 heterocycles. The van der Waals surface area contributed by atoms with Crippen LogP contribution in [0.3, 0.4) is 0 Å².